The highest BCUT2D eigenvalue weighted by molar-refractivity contribution is 5.82. The lowest BCUT2D eigenvalue weighted by Gasteiger charge is -2.32. The highest BCUT2D eigenvalue weighted by Crippen LogP contribution is 2.18. The molecule has 0 spiro atoms. The van der Waals surface area contributed by atoms with Crippen molar-refractivity contribution in [2.45, 2.75) is 45.1 Å². The number of carbonyl (C=O) groups is 3. The molecule has 1 amide bonds. The molecule has 0 aromatic heterocycles. The lowest BCUT2D eigenvalue weighted by molar-refractivity contribution is -0.152. The average Bonchev–Trinajstić information content (AvgIpc) is 3.05. The number of nitrogens with one attached hydrogen (secondary N) is 1. The van der Waals surface area contributed by atoms with E-state index in [1.54, 1.807) is 43.3 Å². The van der Waals surface area contributed by atoms with Crippen LogP contribution < -0.4 is 10.2 Å². The van der Waals surface area contributed by atoms with Crippen LogP contribution in [-0.2, 0) is 45.1 Å². The van der Waals surface area contributed by atoms with Crippen molar-refractivity contribution < 1.29 is 33.7 Å². The molecule has 0 fully saturated rings. The third-order valence-corrected chi connectivity index (χ3v) is 6.72. The molecule has 0 bridgehead atoms. The van der Waals surface area contributed by atoms with E-state index in [2.05, 4.69) is 5.43 Å². The summed E-state index contributed by atoms with van der Waals surface area (Å²) in [6, 6.07) is 32.4. The van der Waals surface area contributed by atoms with Crippen molar-refractivity contribution in [3.63, 3.8) is 0 Å². The third-order valence-electron chi connectivity index (χ3n) is 6.72. The maximum absolute atomic E-state index is 13.6. The minimum Gasteiger partial charge on any atom is -0.489 e. The molecular formula is C35H36N2O7. The first-order valence-electron chi connectivity index (χ1n) is 14.4. The summed E-state index contributed by atoms with van der Waals surface area (Å²) in [6.07, 6.45) is -0.849. The van der Waals surface area contributed by atoms with Gasteiger partial charge in [0.05, 0.1) is 6.61 Å². The minimum absolute atomic E-state index is 0.0127. The van der Waals surface area contributed by atoms with Gasteiger partial charge in [0, 0.05) is 12.8 Å². The van der Waals surface area contributed by atoms with E-state index in [0.29, 0.717) is 17.9 Å². The molecule has 0 saturated carbocycles. The molecule has 0 radical (unpaired) electrons. The highest BCUT2D eigenvalue weighted by Gasteiger charge is 2.36. The molecule has 4 aromatic rings. The van der Waals surface area contributed by atoms with Crippen molar-refractivity contribution in [3.05, 3.63) is 138 Å². The first-order valence-corrected chi connectivity index (χ1v) is 14.4. The zero-order valence-electron chi connectivity index (χ0n) is 24.5. The summed E-state index contributed by atoms with van der Waals surface area (Å²) >= 11 is 0. The molecule has 0 aliphatic heterocycles. The Morgan fingerprint density at radius 1 is 0.705 bits per heavy atom. The highest BCUT2D eigenvalue weighted by atomic mass is 16.6. The number of ether oxygens (including phenoxy) is 3. The summed E-state index contributed by atoms with van der Waals surface area (Å²) < 4.78 is 16.8. The van der Waals surface area contributed by atoms with Gasteiger partial charge in [-0.2, -0.15) is 0 Å². The molecule has 0 heterocycles. The standard InChI is InChI=1S/C35H36N2O7/c1-2-42-34(40)32(23-26-13-6-3-7-14-26)37(35(41)44-25-28-17-10-5-11-18-28)36-31(33(38)39)22-29-19-12-20-30(21-29)43-24-27-15-8-4-9-16-27/h3-21,31-32,36H,2,22-25H2,1H3,(H,38,39)/t31-,32-/m0/s1. The summed E-state index contributed by atoms with van der Waals surface area (Å²) in [5.74, 6) is -1.34. The molecule has 228 valence electrons. The zero-order chi connectivity index (χ0) is 31.1. The molecule has 2 N–H and O–H groups in total. The number of carbonyl (C=O) groups excluding carboxylic acids is 2. The fourth-order valence-electron chi connectivity index (χ4n) is 4.51. The number of carboxylic acid groups (broad SMARTS) is 1. The van der Waals surface area contributed by atoms with Crippen molar-refractivity contribution in [1.82, 2.24) is 10.4 Å². The van der Waals surface area contributed by atoms with Crippen LogP contribution in [-0.4, -0.2) is 46.8 Å². The number of hydrogen-bond donors (Lipinski definition) is 2. The predicted molar refractivity (Wildman–Crippen MR) is 165 cm³/mol. The van der Waals surface area contributed by atoms with Gasteiger partial charge < -0.3 is 19.3 Å². The molecular weight excluding hydrogens is 560 g/mol. The second-order valence-corrected chi connectivity index (χ2v) is 10.0. The Morgan fingerprint density at radius 3 is 1.86 bits per heavy atom. The van der Waals surface area contributed by atoms with Crippen molar-refractivity contribution in [1.29, 1.82) is 0 Å². The minimum atomic E-state index is -1.30. The van der Waals surface area contributed by atoms with Gasteiger partial charge in [-0.1, -0.05) is 103 Å². The largest absolute Gasteiger partial charge is 0.489 e. The molecule has 44 heavy (non-hydrogen) atoms. The zero-order valence-corrected chi connectivity index (χ0v) is 24.5. The SMILES string of the molecule is CCOC(=O)[C@H](Cc1ccccc1)N(N[C@@H](Cc1cccc(OCc2ccccc2)c1)C(=O)O)C(=O)OCc1ccccc1. The summed E-state index contributed by atoms with van der Waals surface area (Å²) in [6.45, 7) is 2.02. The topological polar surface area (TPSA) is 114 Å². The fourth-order valence-corrected chi connectivity index (χ4v) is 4.51. The van der Waals surface area contributed by atoms with Gasteiger partial charge in [-0.25, -0.2) is 20.0 Å². The fraction of sp³-hybridized carbons (Fsp3) is 0.229. The van der Waals surface area contributed by atoms with E-state index in [9.17, 15) is 19.5 Å². The Kier molecular flexibility index (Phi) is 11.9. The number of hydrogen-bond acceptors (Lipinski definition) is 7. The lowest BCUT2D eigenvalue weighted by atomic mass is 10.0. The van der Waals surface area contributed by atoms with Crippen molar-refractivity contribution >= 4 is 18.0 Å². The second-order valence-electron chi connectivity index (χ2n) is 10.0. The van der Waals surface area contributed by atoms with Crippen LogP contribution in [0.2, 0.25) is 0 Å². The number of hydrazine groups is 1. The number of rotatable bonds is 15. The third kappa shape index (κ3) is 9.71. The Balaban J connectivity index is 1.57. The van der Waals surface area contributed by atoms with Gasteiger partial charge in [0.15, 0.2) is 6.04 Å². The Morgan fingerprint density at radius 2 is 1.27 bits per heavy atom. The Bertz CT molecular complexity index is 1480. The van der Waals surface area contributed by atoms with E-state index in [1.807, 2.05) is 78.9 Å². The van der Waals surface area contributed by atoms with Crippen LogP contribution in [0.25, 0.3) is 0 Å². The molecule has 0 aliphatic rings. The smallest absolute Gasteiger partial charge is 0.425 e. The van der Waals surface area contributed by atoms with Gasteiger partial charge in [0.25, 0.3) is 0 Å². The van der Waals surface area contributed by atoms with Crippen LogP contribution >= 0.6 is 0 Å². The van der Waals surface area contributed by atoms with Crippen LogP contribution in [0.4, 0.5) is 4.79 Å². The predicted octanol–water partition coefficient (Wildman–Crippen LogP) is 5.58. The van der Waals surface area contributed by atoms with Gasteiger partial charge in [0.2, 0.25) is 0 Å². The maximum atomic E-state index is 13.6. The summed E-state index contributed by atoms with van der Waals surface area (Å²) in [5, 5.41) is 11.2. The van der Waals surface area contributed by atoms with E-state index >= 15 is 0 Å². The number of benzene rings is 4. The molecule has 0 unspecified atom stereocenters. The first kappa shape index (κ1) is 31.8. The van der Waals surface area contributed by atoms with E-state index in [0.717, 1.165) is 21.7 Å². The molecule has 4 aromatic carbocycles. The summed E-state index contributed by atoms with van der Waals surface area (Å²) in [7, 11) is 0. The van der Waals surface area contributed by atoms with Crippen LogP contribution in [0.15, 0.2) is 115 Å². The molecule has 9 nitrogen and oxygen atoms in total. The van der Waals surface area contributed by atoms with E-state index < -0.39 is 30.1 Å². The van der Waals surface area contributed by atoms with E-state index in [4.69, 9.17) is 14.2 Å². The second kappa shape index (κ2) is 16.5. The van der Waals surface area contributed by atoms with Gasteiger partial charge >= 0.3 is 18.0 Å². The van der Waals surface area contributed by atoms with Gasteiger partial charge in [-0.15, -0.1) is 0 Å². The molecule has 4 rings (SSSR count). The average molecular weight is 597 g/mol. The molecule has 0 saturated heterocycles. The van der Waals surface area contributed by atoms with Gasteiger partial charge in [0.1, 0.15) is 25.0 Å². The Labute approximate surface area is 257 Å². The van der Waals surface area contributed by atoms with Gasteiger partial charge in [-0.3, -0.25) is 4.79 Å². The number of esters is 1. The normalized spacial score (nSPS) is 12.0. The molecule has 9 heteroatoms. The van der Waals surface area contributed by atoms with E-state index in [-0.39, 0.29) is 26.1 Å². The Hall–Kier alpha value is -5.15. The van der Waals surface area contributed by atoms with Crippen molar-refractivity contribution in [3.8, 4) is 5.75 Å². The van der Waals surface area contributed by atoms with E-state index in [1.165, 1.54) is 0 Å². The van der Waals surface area contributed by atoms with Crippen LogP contribution in [0.5, 0.6) is 5.75 Å². The molecule has 0 aliphatic carbocycles. The lowest BCUT2D eigenvalue weighted by Crippen LogP contribution is -2.59. The maximum Gasteiger partial charge on any atom is 0.425 e. The number of carboxylic acids is 1. The first-order chi connectivity index (χ1) is 21.4. The van der Waals surface area contributed by atoms with Crippen molar-refractivity contribution in [2.75, 3.05) is 6.61 Å². The summed E-state index contributed by atoms with van der Waals surface area (Å²) in [5.41, 5.74) is 5.93. The van der Waals surface area contributed by atoms with Crippen LogP contribution in [0.3, 0.4) is 0 Å². The van der Waals surface area contributed by atoms with Gasteiger partial charge in [-0.05, 0) is 41.3 Å². The van der Waals surface area contributed by atoms with Crippen LogP contribution in [0.1, 0.15) is 29.2 Å². The number of aliphatic carboxylic acids is 1. The quantitative estimate of drug-likeness (QED) is 0.135. The monoisotopic (exact) mass is 596 g/mol. The number of nitrogens with zero attached hydrogens (tertiary/aromatic N) is 1. The summed E-state index contributed by atoms with van der Waals surface area (Å²) in [4.78, 5) is 39.3. The van der Waals surface area contributed by atoms with Crippen molar-refractivity contribution in [2.24, 2.45) is 0 Å². The van der Waals surface area contributed by atoms with Crippen LogP contribution in [0, 0.1) is 0 Å². The number of amides is 1. The molecule has 2 atom stereocenters.